The van der Waals surface area contributed by atoms with Gasteiger partial charge in [0.2, 0.25) is 0 Å². The molecular formula is C24H30N4. The summed E-state index contributed by atoms with van der Waals surface area (Å²) in [6, 6.07) is 18.5. The molecule has 0 aromatic carbocycles. The van der Waals surface area contributed by atoms with E-state index in [-0.39, 0.29) is 0 Å². The van der Waals surface area contributed by atoms with E-state index in [4.69, 9.17) is 0 Å². The van der Waals surface area contributed by atoms with Gasteiger partial charge in [0.05, 0.1) is 0 Å². The minimum Gasteiger partial charge on any atom is -0.303 e. The Morgan fingerprint density at radius 1 is 0.500 bits per heavy atom. The quantitative estimate of drug-likeness (QED) is 0.472. The van der Waals surface area contributed by atoms with Crippen LogP contribution in [-0.2, 0) is 19.3 Å². The standard InChI is InChI=1S/C24H30N4/c1-4-16-25-22(10-1)13-7-19-28(20-8-14-23-11-2-5-17-26-23)21-9-15-24-12-3-6-18-27-24/h1-6,10-12,16-18H,7-9,13-15,19-21H2. The average Bonchev–Trinajstić information content (AvgIpc) is 2.76. The van der Waals surface area contributed by atoms with E-state index in [0.29, 0.717) is 0 Å². The number of rotatable bonds is 12. The predicted molar refractivity (Wildman–Crippen MR) is 114 cm³/mol. The maximum absolute atomic E-state index is 4.44. The van der Waals surface area contributed by atoms with Crippen molar-refractivity contribution in [2.75, 3.05) is 19.6 Å². The van der Waals surface area contributed by atoms with Gasteiger partial charge in [0.1, 0.15) is 0 Å². The van der Waals surface area contributed by atoms with Crippen LogP contribution in [0.25, 0.3) is 0 Å². The highest BCUT2D eigenvalue weighted by atomic mass is 15.1. The van der Waals surface area contributed by atoms with Crippen molar-refractivity contribution in [2.45, 2.75) is 38.5 Å². The summed E-state index contributed by atoms with van der Waals surface area (Å²) in [6.45, 7) is 3.34. The summed E-state index contributed by atoms with van der Waals surface area (Å²) in [6.07, 6.45) is 12.2. The van der Waals surface area contributed by atoms with Gasteiger partial charge in [0.25, 0.3) is 0 Å². The highest BCUT2D eigenvalue weighted by Gasteiger charge is 2.07. The first-order valence-corrected chi connectivity index (χ1v) is 10.3. The molecule has 4 heteroatoms. The Morgan fingerprint density at radius 3 is 1.14 bits per heavy atom. The summed E-state index contributed by atoms with van der Waals surface area (Å²) in [5.41, 5.74) is 3.55. The molecule has 0 amide bonds. The normalized spacial score (nSPS) is 11.0. The second-order valence-corrected chi connectivity index (χ2v) is 7.12. The summed E-state index contributed by atoms with van der Waals surface area (Å²) in [5, 5.41) is 0. The van der Waals surface area contributed by atoms with Crippen molar-refractivity contribution < 1.29 is 0 Å². The second-order valence-electron chi connectivity index (χ2n) is 7.12. The van der Waals surface area contributed by atoms with Gasteiger partial charge in [-0.2, -0.15) is 0 Å². The van der Waals surface area contributed by atoms with Crippen LogP contribution in [0.2, 0.25) is 0 Å². The highest BCUT2D eigenvalue weighted by Crippen LogP contribution is 2.07. The predicted octanol–water partition coefficient (Wildman–Crippen LogP) is 4.37. The Morgan fingerprint density at radius 2 is 0.857 bits per heavy atom. The van der Waals surface area contributed by atoms with Gasteiger partial charge in [-0.3, -0.25) is 15.0 Å². The van der Waals surface area contributed by atoms with Gasteiger partial charge < -0.3 is 4.90 Å². The van der Waals surface area contributed by atoms with Crippen LogP contribution < -0.4 is 0 Å². The Balaban J connectivity index is 1.44. The smallest absolute Gasteiger partial charge is 0.0404 e. The van der Waals surface area contributed by atoms with E-state index in [1.165, 1.54) is 17.1 Å². The number of nitrogens with zero attached hydrogens (tertiary/aromatic N) is 4. The Kier molecular flexibility index (Phi) is 8.63. The minimum atomic E-state index is 1.04. The Hall–Kier alpha value is -2.59. The molecule has 0 unspecified atom stereocenters. The molecule has 0 atom stereocenters. The van der Waals surface area contributed by atoms with Crippen molar-refractivity contribution in [1.82, 2.24) is 19.9 Å². The van der Waals surface area contributed by atoms with Gasteiger partial charge in [-0.1, -0.05) is 18.2 Å². The number of aryl methyl sites for hydroxylation is 3. The average molecular weight is 375 g/mol. The first-order valence-electron chi connectivity index (χ1n) is 10.3. The van der Waals surface area contributed by atoms with Gasteiger partial charge in [0, 0.05) is 35.7 Å². The summed E-state index contributed by atoms with van der Waals surface area (Å²) in [5.74, 6) is 0. The summed E-state index contributed by atoms with van der Waals surface area (Å²) in [7, 11) is 0. The molecule has 0 aliphatic heterocycles. The van der Waals surface area contributed by atoms with Crippen molar-refractivity contribution in [3.05, 3.63) is 90.3 Å². The number of hydrogen-bond donors (Lipinski definition) is 0. The molecule has 0 aliphatic rings. The maximum Gasteiger partial charge on any atom is 0.0404 e. The van der Waals surface area contributed by atoms with E-state index in [1.54, 1.807) is 0 Å². The molecule has 0 aliphatic carbocycles. The molecule has 3 aromatic rings. The second kappa shape index (κ2) is 12.0. The largest absolute Gasteiger partial charge is 0.303 e. The molecular weight excluding hydrogens is 344 g/mol. The lowest BCUT2D eigenvalue weighted by atomic mass is 10.1. The van der Waals surface area contributed by atoms with Crippen molar-refractivity contribution in [2.24, 2.45) is 0 Å². The molecule has 0 radical (unpaired) electrons. The summed E-state index contributed by atoms with van der Waals surface area (Å²) >= 11 is 0. The molecule has 0 saturated heterocycles. The monoisotopic (exact) mass is 374 g/mol. The van der Waals surface area contributed by atoms with Crippen molar-refractivity contribution in [1.29, 1.82) is 0 Å². The van der Waals surface area contributed by atoms with E-state index >= 15 is 0 Å². The van der Waals surface area contributed by atoms with Crippen molar-refractivity contribution in [3.8, 4) is 0 Å². The lowest BCUT2D eigenvalue weighted by Crippen LogP contribution is -2.28. The van der Waals surface area contributed by atoms with Gasteiger partial charge in [0.15, 0.2) is 0 Å². The van der Waals surface area contributed by atoms with Crippen LogP contribution in [-0.4, -0.2) is 39.5 Å². The minimum absolute atomic E-state index is 1.04. The lowest BCUT2D eigenvalue weighted by Gasteiger charge is -2.22. The Labute approximate surface area is 168 Å². The van der Waals surface area contributed by atoms with Crippen LogP contribution in [0.5, 0.6) is 0 Å². The highest BCUT2D eigenvalue weighted by molar-refractivity contribution is 5.05. The van der Waals surface area contributed by atoms with E-state index in [2.05, 4.69) is 56.3 Å². The Bertz CT molecular complexity index is 654. The zero-order valence-corrected chi connectivity index (χ0v) is 16.6. The molecule has 4 nitrogen and oxygen atoms in total. The van der Waals surface area contributed by atoms with E-state index in [9.17, 15) is 0 Å². The molecule has 3 rings (SSSR count). The zero-order chi connectivity index (χ0) is 19.3. The molecule has 3 heterocycles. The van der Waals surface area contributed by atoms with E-state index < -0.39 is 0 Å². The fourth-order valence-electron chi connectivity index (χ4n) is 3.42. The molecule has 0 saturated carbocycles. The summed E-state index contributed by atoms with van der Waals surface area (Å²) in [4.78, 5) is 15.9. The third kappa shape index (κ3) is 7.57. The molecule has 0 fully saturated rings. The fourth-order valence-corrected chi connectivity index (χ4v) is 3.42. The van der Waals surface area contributed by atoms with E-state index in [1.807, 2.05) is 36.8 Å². The van der Waals surface area contributed by atoms with Crippen LogP contribution in [0.15, 0.2) is 73.2 Å². The SMILES string of the molecule is c1ccc(CCCN(CCCc2ccccn2)CCCc2ccccn2)nc1. The molecule has 0 bridgehead atoms. The lowest BCUT2D eigenvalue weighted by molar-refractivity contribution is 0.263. The van der Waals surface area contributed by atoms with Crippen LogP contribution in [0, 0.1) is 0 Å². The van der Waals surface area contributed by atoms with Gasteiger partial charge in [-0.05, 0) is 94.6 Å². The van der Waals surface area contributed by atoms with Crippen LogP contribution in [0.1, 0.15) is 36.3 Å². The third-order valence-corrected chi connectivity index (χ3v) is 4.90. The van der Waals surface area contributed by atoms with Gasteiger partial charge >= 0.3 is 0 Å². The van der Waals surface area contributed by atoms with Gasteiger partial charge in [-0.15, -0.1) is 0 Å². The maximum atomic E-state index is 4.44. The molecule has 0 spiro atoms. The first-order chi connectivity index (χ1) is 13.9. The van der Waals surface area contributed by atoms with Crippen LogP contribution in [0.3, 0.4) is 0 Å². The molecule has 3 aromatic heterocycles. The first kappa shape index (κ1) is 20.2. The molecule has 146 valence electrons. The number of pyridine rings is 3. The van der Waals surface area contributed by atoms with Crippen molar-refractivity contribution >= 4 is 0 Å². The van der Waals surface area contributed by atoms with Crippen molar-refractivity contribution in [3.63, 3.8) is 0 Å². The van der Waals surface area contributed by atoms with E-state index in [0.717, 1.165) is 58.2 Å². The van der Waals surface area contributed by atoms with Crippen LogP contribution >= 0.6 is 0 Å². The third-order valence-electron chi connectivity index (χ3n) is 4.90. The number of aromatic nitrogens is 3. The number of hydrogen-bond acceptors (Lipinski definition) is 4. The zero-order valence-electron chi connectivity index (χ0n) is 16.6. The fraction of sp³-hybridized carbons (Fsp3) is 0.375. The summed E-state index contributed by atoms with van der Waals surface area (Å²) < 4.78 is 0. The topological polar surface area (TPSA) is 41.9 Å². The van der Waals surface area contributed by atoms with Crippen LogP contribution in [0.4, 0.5) is 0 Å². The molecule has 28 heavy (non-hydrogen) atoms. The molecule has 0 N–H and O–H groups in total. The van der Waals surface area contributed by atoms with Gasteiger partial charge in [-0.25, -0.2) is 0 Å².